The molecule has 1 amide bonds. The van der Waals surface area contributed by atoms with Crippen LogP contribution >= 0.6 is 0 Å². The van der Waals surface area contributed by atoms with E-state index in [0.717, 1.165) is 32.5 Å². The second-order valence-electron chi connectivity index (χ2n) is 7.93. The van der Waals surface area contributed by atoms with Crippen molar-refractivity contribution in [1.29, 1.82) is 0 Å². The van der Waals surface area contributed by atoms with Gasteiger partial charge in [-0.1, -0.05) is 18.2 Å². The number of carbonyl (C=O) groups is 2. The maximum absolute atomic E-state index is 14.2. The third-order valence-corrected chi connectivity index (χ3v) is 6.24. The fourth-order valence-electron chi connectivity index (χ4n) is 4.67. The van der Waals surface area contributed by atoms with Crippen LogP contribution in [0.15, 0.2) is 54.7 Å². The molecule has 0 unspecified atom stereocenters. The van der Waals surface area contributed by atoms with Crippen LogP contribution in [-0.4, -0.2) is 46.7 Å². The minimum Gasteiger partial charge on any atom is -0.348 e. The van der Waals surface area contributed by atoms with Crippen LogP contribution in [-0.2, 0) is 0 Å². The number of hydrogen-bond donors (Lipinski definition) is 1. The van der Waals surface area contributed by atoms with E-state index >= 15 is 0 Å². The fourth-order valence-corrected chi connectivity index (χ4v) is 4.67. The third kappa shape index (κ3) is 3.13. The molecule has 29 heavy (non-hydrogen) atoms. The monoisotopic (exact) mass is 391 g/mol. The summed E-state index contributed by atoms with van der Waals surface area (Å²) in [5, 5.41) is 3.18. The zero-order valence-electron chi connectivity index (χ0n) is 16.0. The molecular formula is C23H22FN3O2. The van der Waals surface area contributed by atoms with Crippen LogP contribution in [0.2, 0.25) is 0 Å². The first kappa shape index (κ1) is 18.1. The lowest BCUT2D eigenvalue weighted by Crippen LogP contribution is -2.57. The molecule has 0 radical (unpaired) electrons. The summed E-state index contributed by atoms with van der Waals surface area (Å²) in [7, 11) is 0. The van der Waals surface area contributed by atoms with E-state index in [1.165, 1.54) is 12.1 Å². The Morgan fingerprint density at radius 2 is 1.76 bits per heavy atom. The lowest BCUT2D eigenvalue weighted by molar-refractivity contribution is 0.0621. The van der Waals surface area contributed by atoms with Gasteiger partial charge < -0.3 is 14.6 Å². The van der Waals surface area contributed by atoms with E-state index in [1.54, 1.807) is 34.9 Å². The maximum Gasteiger partial charge on any atom is 0.253 e. The van der Waals surface area contributed by atoms with Crippen molar-refractivity contribution in [1.82, 2.24) is 14.6 Å². The third-order valence-electron chi connectivity index (χ3n) is 6.24. The summed E-state index contributed by atoms with van der Waals surface area (Å²) in [6.07, 6.45) is 3.95. The van der Waals surface area contributed by atoms with Crippen molar-refractivity contribution in [3.8, 4) is 0 Å². The van der Waals surface area contributed by atoms with Gasteiger partial charge in [-0.3, -0.25) is 9.59 Å². The minimum absolute atomic E-state index is 0.0000940. The first-order chi connectivity index (χ1) is 14.1. The first-order valence-electron chi connectivity index (χ1n) is 10.0. The average molecular weight is 391 g/mol. The Kier molecular flexibility index (Phi) is 4.43. The molecule has 0 saturated carbocycles. The van der Waals surface area contributed by atoms with Gasteiger partial charge in [-0.15, -0.1) is 0 Å². The van der Waals surface area contributed by atoms with Crippen LogP contribution in [0.1, 0.15) is 39.3 Å². The molecule has 1 N–H and O–H groups in total. The normalized spacial score (nSPS) is 23.3. The van der Waals surface area contributed by atoms with E-state index in [2.05, 4.69) is 10.2 Å². The molecule has 1 aromatic carbocycles. The molecular weight excluding hydrogens is 369 g/mol. The lowest BCUT2D eigenvalue weighted by atomic mass is 9.84. The molecule has 5 nitrogen and oxygen atoms in total. The second-order valence-corrected chi connectivity index (χ2v) is 7.93. The van der Waals surface area contributed by atoms with Crippen molar-refractivity contribution in [3.05, 3.63) is 77.4 Å². The van der Waals surface area contributed by atoms with Crippen LogP contribution in [0.5, 0.6) is 0 Å². The predicted molar refractivity (Wildman–Crippen MR) is 108 cm³/mol. The fraction of sp³-hybridized carbons (Fsp3) is 0.304. The molecule has 3 saturated heterocycles. The number of carbonyl (C=O) groups excluding carboxylic acids is 2. The van der Waals surface area contributed by atoms with Gasteiger partial charge >= 0.3 is 0 Å². The van der Waals surface area contributed by atoms with Gasteiger partial charge in [0.15, 0.2) is 0 Å². The van der Waals surface area contributed by atoms with E-state index in [0.29, 0.717) is 17.0 Å². The van der Waals surface area contributed by atoms with E-state index in [1.807, 2.05) is 12.1 Å². The molecule has 148 valence electrons. The summed E-state index contributed by atoms with van der Waals surface area (Å²) in [6.45, 7) is 3.09. The van der Waals surface area contributed by atoms with Crippen LogP contribution < -0.4 is 5.32 Å². The largest absolute Gasteiger partial charge is 0.348 e. The number of hydrogen-bond acceptors (Lipinski definition) is 3. The summed E-state index contributed by atoms with van der Waals surface area (Å²) in [6, 6.07) is 13.1. The Balaban J connectivity index is 1.49. The van der Waals surface area contributed by atoms with Gasteiger partial charge in [0.05, 0.1) is 22.3 Å². The number of halogens is 1. The number of benzene rings is 1. The minimum atomic E-state index is -0.568. The van der Waals surface area contributed by atoms with Crippen molar-refractivity contribution in [3.63, 3.8) is 0 Å². The topological polar surface area (TPSA) is 53.8 Å². The number of piperidine rings is 3. The lowest BCUT2D eigenvalue weighted by Gasteiger charge is -2.44. The first-order valence-corrected chi connectivity index (χ1v) is 10.0. The van der Waals surface area contributed by atoms with Crippen LogP contribution in [0.25, 0.3) is 5.52 Å². The van der Waals surface area contributed by atoms with Crippen molar-refractivity contribution >= 4 is 17.2 Å². The second kappa shape index (κ2) is 7.12. The summed E-state index contributed by atoms with van der Waals surface area (Å²) in [5.41, 5.74) is 1.37. The highest BCUT2D eigenvalue weighted by Crippen LogP contribution is 2.28. The van der Waals surface area contributed by atoms with Crippen molar-refractivity contribution in [2.24, 2.45) is 5.92 Å². The molecule has 2 aromatic heterocycles. The predicted octanol–water partition coefficient (Wildman–Crippen LogP) is 3.13. The number of amides is 1. The summed E-state index contributed by atoms with van der Waals surface area (Å²) < 4.78 is 15.8. The molecule has 6 rings (SSSR count). The molecule has 3 fully saturated rings. The smallest absolute Gasteiger partial charge is 0.253 e. The number of fused-ring (bicyclic) bond motifs is 4. The highest BCUT2D eigenvalue weighted by molar-refractivity contribution is 6.12. The van der Waals surface area contributed by atoms with Crippen molar-refractivity contribution in [2.45, 2.75) is 18.9 Å². The quantitative estimate of drug-likeness (QED) is 0.696. The van der Waals surface area contributed by atoms with Crippen LogP contribution in [0, 0.1) is 11.7 Å². The van der Waals surface area contributed by atoms with Gasteiger partial charge in [-0.05, 0) is 62.2 Å². The summed E-state index contributed by atoms with van der Waals surface area (Å²) >= 11 is 0. The number of nitrogens with one attached hydrogen (secondary N) is 1. The number of pyridine rings is 1. The molecule has 6 heteroatoms. The Labute approximate surface area is 168 Å². The van der Waals surface area contributed by atoms with Gasteiger partial charge in [-0.25, -0.2) is 4.39 Å². The molecule has 1 atom stereocenters. The highest BCUT2D eigenvalue weighted by atomic mass is 19.1. The Morgan fingerprint density at radius 1 is 1.00 bits per heavy atom. The molecule has 5 heterocycles. The zero-order valence-corrected chi connectivity index (χ0v) is 16.0. The number of aromatic nitrogens is 1. The van der Waals surface area contributed by atoms with E-state index in [-0.39, 0.29) is 23.2 Å². The molecule has 3 aliphatic rings. The Bertz CT molecular complexity index is 1100. The summed E-state index contributed by atoms with van der Waals surface area (Å²) in [4.78, 5) is 28.5. The number of ketones is 1. The maximum atomic E-state index is 14.2. The van der Waals surface area contributed by atoms with Gasteiger partial charge in [-0.2, -0.15) is 0 Å². The molecule has 3 aromatic rings. The van der Waals surface area contributed by atoms with Gasteiger partial charge in [0.2, 0.25) is 5.78 Å². The van der Waals surface area contributed by atoms with E-state index in [9.17, 15) is 14.0 Å². The summed E-state index contributed by atoms with van der Waals surface area (Å²) in [5.74, 6) is -0.676. The van der Waals surface area contributed by atoms with Crippen LogP contribution in [0.4, 0.5) is 4.39 Å². The number of rotatable bonds is 4. The van der Waals surface area contributed by atoms with Crippen LogP contribution in [0.3, 0.4) is 0 Å². The van der Waals surface area contributed by atoms with E-state index < -0.39 is 11.6 Å². The standard InChI is InChI=1S/C23H22FN3O2/c24-18-6-2-1-5-16(18)22(28)21-13-17(20-7-3-4-10-27(20)21)23(29)25-19-14-26-11-8-15(19)9-12-26/h1-7,10,13,15,19H,8-9,11-12,14H2,(H,25,29)/t19-/m0/s1. The average Bonchev–Trinajstić information content (AvgIpc) is 3.14. The molecule has 3 aliphatic heterocycles. The Morgan fingerprint density at radius 3 is 2.48 bits per heavy atom. The molecule has 0 aliphatic carbocycles. The highest BCUT2D eigenvalue weighted by Gasteiger charge is 2.35. The SMILES string of the molecule is O=C(N[C@H]1CN2CCC1CC2)c1cc(C(=O)c2ccccc2F)n2ccccc12. The van der Waals surface area contributed by atoms with Gasteiger partial charge in [0.25, 0.3) is 5.91 Å². The molecule has 2 bridgehead atoms. The Hall–Kier alpha value is -2.99. The van der Waals surface area contributed by atoms with Crippen molar-refractivity contribution in [2.75, 3.05) is 19.6 Å². The zero-order chi connectivity index (χ0) is 20.0. The number of nitrogens with zero attached hydrogens (tertiary/aromatic N) is 2. The van der Waals surface area contributed by atoms with E-state index in [4.69, 9.17) is 0 Å². The van der Waals surface area contributed by atoms with Gasteiger partial charge in [0.1, 0.15) is 5.82 Å². The molecule has 0 spiro atoms. The van der Waals surface area contributed by atoms with Gasteiger partial charge in [0, 0.05) is 18.8 Å². The van der Waals surface area contributed by atoms with Crippen molar-refractivity contribution < 1.29 is 14.0 Å².